The van der Waals surface area contributed by atoms with Crippen molar-refractivity contribution >= 4 is 17.6 Å². The molecule has 0 saturated heterocycles. The van der Waals surface area contributed by atoms with E-state index in [-0.39, 0.29) is 0 Å². The first-order valence-electron chi connectivity index (χ1n) is 4.69. The molecule has 1 aromatic carbocycles. The average molecular weight is 234 g/mol. The Bertz CT molecular complexity index is 473. The fourth-order valence-electron chi connectivity index (χ4n) is 1.21. The van der Waals surface area contributed by atoms with Crippen molar-refractivity contribution in [2.75, 3.05) is 7.11 Å². The summed E-state index contributed by atoms with van der Waals surface area (Å²) in [6, 6.07) is 10.8. The highest BCUT2D eigenvalue weighted by Crippen LogP contribution is 2.29. The summed E-state index contributed by atoms with van der Waals surface area (Å²) < 4.78 is 10.6. The van der Waals surface area contributed by atoms with Gasteiger partial charge in [-0.05, 0) is 36.4 Å². The lowest BCUT2D eigenvalue weighted by Gasteiger charge is -2.03. The maximum absolute atomic E-state index is 10.5. The standard InChI is InChI=1S/C12H10O3S/c1-14-9-2-4-10(5-3-9)15-12-7-6-11(8-13)16-12/h2-8H,1H3. The zero-order valence-electron chi connectivity index (χ0n) is 8.67. The highest BCUT2D eigenvalue weighted by atomic mass is 32.1. The van der Waals surface area contributed by atoms with E-state index in [0.717, 1.165) is 17.8 Å². The predicted molar refractivity (Wildman–Crippen MR) is 62.8 cm³/mol. The van der Waals surface area contributed by atoms with Gasteiger partial charge in [-0.15, -0.1) is 0 Å². The number of ether oxygens (including phenoxy) is 2. The van der Waals surface area contributed by atoms with Gasteiger partial charge in [0.1, 0.15) is 11.5 Å². The van der Waals surface area contributed by atoms with Crippen LogP contribution < -0.4 is 9.47 Å². The van der Waals surface area contributed by atoms with Crippen LogP contribution in [-0.2, 0) is 0 Å². The van der Waals surface area contributed by atoms with E-state index in [4.69, 9.17) is 9.47 Å². The Hall–Kier alpha value is -1.81. The van der Waals surface area contributed by atoms with Crippen LogP contribution in [0.2, 0.25) is 0 Å². The number of aldehydes is 1. The molecule has 0 aliphatic heterocycles. The molecule has 0 atom stereocenters. The largest absolute Gasteiger partial charge is 0.497 e. The second kappa shape index (κ2) is 4.81. The van der Waals surface area contributed by atoms with Crippen LogP contribution in [0.4, 0.5) is 0 Å². The molecule has 0 aliphatic carbocycles. The van der Waals surface area contributed by atoms with Gasteiger partial charge in [0.2, 0.25) is 0 Å². The quantitative estimate of drug-likeness (QED) is 0.761. The molecule has 0 spiro atoms. The van der Waals surface area contributed by atoms with Crippen LogP contribution in [0.15, 0.2) is 36.4 Å². The fraction of sp³-hybridized carbons (Fsp3) is 0.0833. The highest BCUT2D eigenvalue weighted by molar-refractivity contribution is 7.15. The van der Waals surface area contributed by atoms with Crippen molar-refractivity contribution in [1.29, 1.82) is 0 Å². The minimum absolute atomic E-state index is 0.656. The number of carbonyl (C=O) groups excluding carboxylic acids is 1. The summed E-state index contributed by atoms with van der Waals surface area (Å²) >= 11 is 1.32. The lowest BCUT2D eigenvalue weighted by Crippen LogP contribution is -1.83. The molecule has 0 unspecified atom stereocenters. The second-order valence-electron chi connectivity index (χ2n) is 3.05. The van der Waals surface area contributed by atoms with Crippen LogP contribution in [-0.4, -0.2) is 13.4 Å². The van der Waals surface area contributed by atoms with Gasteiger partial charge in [0.05, 0.1) is 12.0 Å². The van der Waals surface area contributed by atoms with E-state index in [1.165, 1.54) is 11.3 Å². The number of hydrogen-bond donors (Lipinski definition) is 0. The number of rotatable bonds is 4. The fourth-order valence-corrected chi connectivity index (χ4v) is 1.90. The van der Waals surface area contributed by atoms with Gasteiger partial charge < -0.3 is 9.47 Å². The van der Waals surface area contributed by atoms with Crippen LogP contribution in [0.1, 0.15) is 9.67 Å². The number of thiophene rings is 1. The van der Waals surface area contributed by atoms with E-state index in [1.807, 2.05) is 24.3 Å². The minimum atomic E-state index is 0.656. The van der Waals surface area contributed by atoms with Crippen molar-refractivity contribution in [3.63, 3.8) is 0 Å². The lowest BCUT2D eigenvalue weighted by molar-refractivity contribution is 0.112. The van der Waals surface area contributed by atoms with Gasteiger partial charge in [-0.2, -0.15) is 0 Å². The molecule has 82 valence electrons. The smallest absolute Gasteiger partial charge is 0.181 e. The van der Waals surface area contributed by atoms with Crippen molar-refractivity contribution in [2.45, 2.75) is 0 Å². The first-order chi connectivity index (χ1) is 7.81. The summed E-state index contributed by atoms with van der Waals surface area (Å²) in [5.74, 6) is 1.51. The summed E-state index contributed by atoms with van der Waals surface area (Å²) in [5.41, 5.74) is 0. The van der Waals surface area contributed by atoms with Crippen molar-refractivity contribution in [1.82, 2.24) is 0 Å². The Morgan fingerprint density at radius 2 is 1.75 bits per heavy atom. The predicted octanol–water partition coefficient (Wildman–Crippen LogP) is 3.36. The topological polar surface area (TPSA) is 35.5 Å². The van der Waals surface area contributed by atoms with E-state index >= 15 is 0 Å². The maximum Gasteiger partial charge on any atom is 0.181 e. The van der Waals surface area contributed by atoms with E-state index in [1.54, 1.807) is 19.2 Å². The third-order valence-electron chi connectivity index (χ3n) is 2.00. The zero-order valence-corrected chi connectivity index (χ0v) is 9.49. The molecule has 0 aliphatic rings. The third-order valence-corrected chi connectivity index (χ3v) is 2.88. The summed E-state index contributed by atoms with van der Waals surface area (Å²) in [5, 5.41) is 0.701. The van der Waals surface area contributed by atoms with Crippen LogP contribution in [0.25, 0.3) is 0 Å². The van der Waals surface area contributed by atoms with Crippen LogP contribution in [0.3, 0.4) is 0 Å². The molecular weight excluding hydrogens is 224 g/mol. The molecule has 3 nitrogen and oxygen atoms in total. The normalized spacial score (nSPS) is 9.81. The Morgan fingerprint density at radius 1 is 1.06 bits per heavy atom. The molecule has 2 rings (SSSR count). The molecule has 0 bridgehead atoms. The van der Waals surface area contributed by atoms with Gasteiger partial charge in [0.25, 0.3) is 0 Å². The summed E-state index contributed by atoms with van der Waals surface area (Å²) in [6.07, 6.45) is 0.811. The average Bonchev–Trinajstić information content (AvgIpc) is 2.78. The molecule has 1 heterocycles. The summed E-state index contributed by atoms with van der Waals surface area (Å²) in [6.45, 7) is 0. The molecule has 0 saturated carbocycles. The number of hydrogen-bond acceptors (Lipinski definition) is 4. The molecule has 0 radical (unpaired) electrons. The summed E-state index contributed by atoms with van der Waals surface area (Å²) in [4.78, 5) is 11.2. The van der Waals surface area contributed by atoms with Crippen LogP contribution in [0.5, 0.6) is 16.6 Å². The molecule has 0 N–H and O–H groups in total. The Balaban J connectivity index is 2.10. The van der Waals surface area contributed by atoms with E-state index in [2.05, 4.69) is 0 Å². The molecule has 1 aromatic heterocycles. The van der Waals surface area contributed by atoms with Gasteiger partial charge in [-0.3, -0.25) is 4.79 Å². The maximum atomic E-state index is 10.5. The molecule has 2 aromatic rings. The number of benzene rings is 1. The molecule has 16 heavy (non-hydrogen) atoms. The number of methoxy groups -OCH3 is 1. The van der Waals surface area contributed by atoms with Crippen LogP contribution >= 0.6 is 11.3 Å². The first-order valence-corrected chi connectivity index (χ1v) is 5.50. The van der Waals surface area contributed by atoms with E-state index < -0.39 is 0 Å². The second-order valence-corrected chi connectivity index (χ2v) is 4.13. The summed E-state index contributed by atoms with van der Waals surface area (Å²) in [7, 11) is 1.62. The van der Waals surface area contributed by atoms with Gasteiger partial charge in [0, 0.05) is 0 Å². The Kier molecular flexibility index (Phi) is 3.22. The van der Waals surface area contributed by atoms with Crippen molar-refractivity contribution in [3.8, 4) is 16.6 Å². The first kappa shape index (κ1) is 10.7. The van der Waals surface area contributed by atoms with Gasteiger partial charge >= 0.3 is 0 Å². The Morgan fingerprint density at radius 3 is 2.31 bits per heavy atom. The van der Waals surface area contributed by atoms with Crippen molar-refractivity contribution in [3.05, 3.63) is 41.3 Å². The van der Waals surface area contributed by atoms with E-state index in [9.17, 15) is 4.79 Å². The SMILES string of the molecule is COc1ccc(Oc2ccc(C=O)s2)cc1. The minimum Gasteiger partial charge on any atom is -0.497 e. The number of carbonyl (C=O) groups is 1. The molecule has 0 fully saturated rings. The molecular formula is C12H10O3S. The monoisotopic (exact) mass is 234 g/mol. The van der Waals surface area contributed by atoms with Gasteiger partial charge in [-0.25, -0.2) is 0 Å². The molecule has 0 amide bonds. The third kappa shape index (κ3) is 2.41. The van der Waals surface area contributed by atoms with E-state index in [0.29, 0.717) is 9.94 Å². The van der Waals surface area contributed by atoms with Gasteiger partial charge in [0.15, 0.2) is 11.3 Å². The Labute approximate surface area is 97.2 Å². The molecule has 4 heteroatoms. The highest BCUT2D eigenvalue weighted by Gasteiger charge is 2.01. The van der Waals surface area contributed by atoms with Crippen molar-refractivity contribution < 1.29 is 14.3 Å². The van der Waals surface area contributed by atoms with Gasteiger partial charge in [-0.1, -0.05) is 11.3 Å². The van der Waals surface area contributed by atoms with Crippen molar-refractivity contribution in [2.24, 2.45) is 0 Å². The lowest BCUT2D eigenvalue weighted by atomic mass is 10.3. The van der Waals surface area contributed by atoms with Crippen LogP contribution in [0, 0.1) is 0 Å². The zero-order chi connectivity index (χ0) is 11.4.